The monoisotopic (exact) mass is 382 g/mol. The Morgan fingerprint density at radius 2 is 2.00 bits per heavy atom. The van der Waals surface area contributed by atoms with Crippen molar-refractivity contribution in [2.45, 2.75) is 62.6 Å². The van der Waals surface area contributed by atoms with E-state index in [1.807, 2.05) is 12.1 Å². The van der Waals surface area contributed by atoms with E-state index in [0.717, 1.165) is 41.8 Å². The molecule has 2 aliphatic heterocycles. The van der Waals surface area contributed by atoms with E-state index in [0.29, 0.717) is 32.0 Å². The van der Waals surface area contributed by atoms with Crippen LogP contribution in [0.1, 0.15) is 49.3 Å². The Balaban J connectivity index is 1.46. The van der Waals surface area contributed by atoms with Crippen molar-refractivity contribution in [1.82, 2.24) is 0 Å². The smallest absolute Gasteiger partial charge is 0.168 e. The van der Waals surface area contributed by atoms with E-state index in [1.54, 1.807) is 0 Å². The molecule has 0 aromatic heterocycles. The molecule has 6 heteroatoms. The van der Waals surface area contributed by atoms with Crippen LogP contribution in [0.4, 0.5) is 0 Å². The molecule has 1 aromatic carbocycles. The second-order valence-electron chi connectivity index (χ2n) is 7.83. The zero-order chi connectivity index (χ0) is 18.1. The van der Waals surface area contributed by atoms with Crippen LogP contribution in [0.25, 0.3) is 0 Å². The van der Waals surface area contributed by atoms with Crippen molar-refractivity contribution in [2.24, 2.45) is 5.92 Å². The van der Waals surface area contributed by atoms with Crippen LogP contribution in [-0.2, 0) is 20.6 Å². The first-order chi connectivity index (χ1) is 12.6. The predicted octanol–water partition coefficient (Wildman–Crippen LogP) is 3.00. The van der Waals surface area contributed by atoms with Gasteiger partial charge in [-0.1, -0.05) is 23.7 Å². The van der Waals surface area contributed by atoms with Gasteiger partial charge >= 0.3 is 0 Å². The van der Waals surface area contributed by atoms with Crippen molar-refractivity contribution in [3.05, 3.63) is 34.3 Å². The molecular formula is C20H27ClO5. The lowest BCUT2D eigenvalue weighted by atomic mass is 9.92. The number of halogens is 1. The summed E-state index contributed by atoms with van der Waals surface area (Å²) in [4.78, 5) is 0. The molecule has 2 N–H and O–H groups in total. The molecule has 4 atom stereocenters. The largest absolute Gasteiger partial charge is 0.394 e. The summed E-state index contributed by atoms with van der Waals surface area (Å²) >= 11 is 6.46. The van der Waals surface area contributed by atoms with Gasteiger partial charge in [0, 0.05) is 30.7 Å². The molecule has 0 bridgehead atoms. The fourth-order valence-corrected chi connectivity index (χ4v) is 4.78. The number of hydrogen-bond acceptors (Lipinski definition) is 5. The van der Waals surface area contributed by atoms with Crippen LogP contribution in [0.5, 0.6) is 0 Å². The molecule has 3 fully saturated rings. The van der Waals surface area contributed by atoms with Crippen molar-refractivity contribution >= 4 is 11.6 Å². The quantitative estimate of drug-likeness (QED) is 0.837. The molecule has 1 saturated carbocycles. The third-order valence-corrected chi connectivity index (χ3v) is 6.25. The number of aliphatic hydroxyl groups is 2. The standard InChI is InChI=1S/C20H27ClO5/c21-18-2-1-14(19-10-16(23)9-17(12-22)26-19)8-15(18)7-13-3-4-20(11-13)24-5-6-25-20/h1-2,8,13,16-17,19,22-23H,3-7,9-12H2. The number of aliphatic hydroxyl groups excluding tert-OH is 2. The summed E-state index contributed by atoms with van der Waals surface area (Å²) in [6, 6.07) is 5.97. The topological polar surface area (TPSA) is 68.2 Å². The highest BCUT2D eigenvalue weighted by atomic mass is 35.5. The van der Waals surface area contributed by atoms with E-state index >= 15 is 0 Å². The molecule has 26 heavy (non-hydrogen) atoms. The van der Waals surface area contributed by atoms with E-state index in [1.165, 1.54) is 0 Å². The van der Waals surface area contributed by atoms with E-state index in [4.69, 9.17) is 25.8 Å². The summed E-state index contributed by atoms with van der Waals surface area (Å²) in [7, 11) is 0. The number of hydrogen-bond donors (Lipinski definition) is 2. The second-order valence-corrected chi connectivity index (χ2v) is 8.23. The molecule has 1 spiro atoms. The molecule has 0 amide bonds. The molecule has 144 valence electrons. The van der Waals surface area contributed by atoms with Crippen molar-refractivity contribution in [3.63, 3.8) is 0 Å². The zero-order valence-electron chi connectivity index (χ0n) is 14.9. The summed E-state index contributed by atoms with van der Waals surface area (Å²) < 4.78 is 17.6. The lowest BCUT2D eigenvalue weighted by Gasteiger charge is -2.32. The van der Waals surface area contributed by atoms with Crippen LogP contribution in [0, 0.1) is 5.92 Å². The van der Waals surface area contributed by atoms with Gasteiger partial charge in [-0.05, 0) is 36.0 Å². The SMILES string of the molecule is OCC1CC(O)CC(c2ccc(Cl)c(CC3CCC4(C3)OCCO4)c2)O1. The van der Waals surface area contributed by atoms with Crippen LogP contribution < -0.4 is 0 Å². The van der Waals surface area contributed by atoms with Gasteiger partial charge in [0.25, 0.3) is 0 Å². The van der Waals surface area contributed by atoms with Crippen LogP contribution in [0.3, 0.4) is 0 Å². The Morgan fingerprint density at radius 1 is 1.19 bits per heavy atom. The minimum absolute atomic E-state index is 0.0713. The van der Waals surface area contributed by atoms with E-state index in [-0.39, 0.29) is 24.6 Å². The number of rotatable bonds is 4. The van der Waals surface area contributed by atoms with Crippen molar-refractivity contribution in [3.8, 4) is 0 Å². The van der Waals surface area contributed by atoms with Gasteiger partial charge in [-0.3, -0.25) is 0 Å². The fraction of sp³-hybridized carbons (Fsp3) is 0.700. The summed E-state index contributed by atoms with van der Waals surface area (Å²) in [5.41, 5.74) is 2.12. The summed E-state index contributed by atoms with van der Waals surface area (Å²) in [5.74, 6) is 0.128. The van der Waals surface area contributed by atoms with Crippen molar-refractivity contribution < 1.29 is 24.4 Å². The van der Waals surface area contributed by atoms with E-state index in [9.17, 15) is 10.2 Å². The molecule has 2 saturated heterocycles. The Kier molecular flexibility index (Phi) is 5.56. The summed E-state index contributed by atoms with van der Waals surface area (Å²) in [6.07, 6.45) is 3.90. The van der Waals surface area contributed by atoms with Gasteiger partial charge in [-0.15, -0.1) is 0 Å². The van der Waals surface area contributed by atoms with E-state index < -0.39 is 6.10 Å². The predicted molar refractivity (Wildman–Crippen MR) is 97.1 cm³/mol. The molecule has 3 aliphatic rings. The van der Waals surface area contributed by atoms with Crippen LogP contribution in [0.15, 0.2) is 18.2 Å². The minimum Gasteiger partial charge on any atom is -0.394 e. The maximum absolute atomic E-state index is 10.1. The first-order valence-corrected chi connectivity index (χ1v) is 9.95. The first kappa shape index (κ1) is 18.7. The van der Waals surface area contributed by atoms with E-state index in [2.05, 4.69) is 6.07 Å². The highest BCUT2D eigenvalue weighted by Gasteiger charge is 2.44. The van der Waals surface area contributed by atoms with Crippen LogP contribution in [-0.4, -0.2) is 48.0 Å². The highest BCUT2D eigenvalue weighted by molar-refractivity contribution is 6.31. The molecule has 2 heterocycles. The van der Waals surface area contributed by atoms with Crippen molar-refractivity contribution in [1.29, 1.82) is 0 Å². The van der Waals surface area contributed by atoms with Crippen LogP contribution >= 0.6 is 11.6 Å². The average Bonchev–Trinajstić information content (AvgIpc) is 3.26. The maximum atomic E-state index is 10.1. The average molecular weight is 383 g/mol. The minimum atomic E-state index is -0.448. The Labute approximate surface area is 159 Å². The molecule has 5 nitrogen and oxygen atoms in total. The second kappa shape index (κ2) is 7.74. The zero-order valence-corrected chi connectivity index (χ0v) is 15.7. The molecule has 1 aromatic rings. The molecular weight excluding hydrogens is 356 g/mol. The van der Waals surface area contributed by atoms with Crippen molar-refractivity contribution in [2.75, 3.05) is 19.8 Å². The van der Waals surface area contributed by atoms with Crippen LogP contribution in [0.2, 0.25) is 5.02 Å². The van der Waals surface area contributed by atoms with Gasteiger partial charge in [-0.2, -0.15) is 0 Å². The highest BCUT2D eigenvalue weighted by Crippen LogP contribution is 2.43. The van der Waals surface area contributed by atoms with Gasteiger partial charge in [-0.25, -0.2) is 0 Å². The Hall–Kier alpha value is -0.690. The Morgan fingerprint density at radius 3 is 2.77 bits per heavy atom. The number of benzene rings is 1. The fourth-order valence-electron chi connectivity index (χ4n) is 4.59. The normalized spacial score (nSPS) is 33.8. The lowest BCUT2D eigenvalue weighted by Crippen LogP contribution is -2.33. The molecule has 4 unspecified atom stereocenters. The summed E-state index contributed by atoms with van der Waals surface area (Å²) in [6.45, 7) is 1.31. The molecule has 1 aliphatic carbocycles. The Bertz CT molecular complexity index is 631. The molecule has 4 rings (SSSR count). The molecule has 0 radical (unpaired) electrons. The van der Waals surface area contributed by atoms with Gasteiger partial charge in [0.2, 0.25) is 0 Å². The third kappa shape index (κ3) is 3.93. The van der Waals surface area contributed by atoms with Gasteiger partial charge < -0.3 is 24.4 Å². The van der Waals surface area contributed by atoms with Gasteiger partial charge in [0.05, 0.1) is 38.1 Å². The third-order valence-electron chi connectivity index (χ3n) is 5.88. The lowest BCUT2D eigenvalue weighted by molar-refractivity contribution is -0.152. The number of ether oxygens (including phenoxy) is 3. The van der Waals surface area contributed by atoms with Gasteiger partial charge in [0.15, 0.2) is 5.79 Å². The van der Waals surface area contributed by atoms with Gasteiger partial charge in [0.1, 0.15) is 0 Å². The maximum Gasteiger partial charge on any atom is 0.168 e. The summed E-state index contributed by atoms with van der Waals surface area (Å²) in [5, 5.41) is 20.2. The first-order valence-electron chi connectivity index (χ1n) is 9.57.